The van der Waals surface area contributed by atoms with Crippen molar-refractivity contribution in [3.8, 4) is 11.4 Å². The Morgan fingerprint density at radius 3 is 1.89 bits per heavy atom. The van der Waals surface area contributed by atoms with E-state index >= 15 is 9.59 Å². The zero-order valence-corrected chi connectivity index (χ0v) is 34.3. The number of nitrogens with one attached hydrogen (secondary N) is 1. The molecule has 63 heavy (non-hydrogen) atoms. The number of hydrogen-bond acceptors (Lipinski definition) is 6. The van der Waals surface area contributed by atoms with Crippen LogP contribution in [0.25, 0.3) is 16.6 Å². The molecule has 11 nitrogen and oxygen atoms in total. The summed E-state index contributed by atoms with van der Waals surface area (Å²) < 4.78 is 7.71. The lowest BCUT2D eigenvalue weighted by atomic mass is 9.93. The predicted molar refractivity (Wildman–Crippen MR) is 245 cm³/mol. The van der Waals surface area contributed by atoms with E-state index in [0.29, 0.717) is 51.5 Å². The van der Waals surface area contributed by atoms with Gasteiger partial charge in [-0.15, -0.1) is 0 Å². The summed E-state index contributed by atoms with van der Waals surface area (Å²) in [5.41, 5.74) is 7.41. The summed E-state index contributed by atoms with van der Waals surface area (Å²) >= 11 is 0. The van der Waals surface area contributed by atoms with E-state index in [1.54, 1.807) is 33.7 Å². The van der Waals surface area contributed by atoms with E-state index in [9.17, 15) is 9.90 Å². The van der Waals surface area contributed by atoms with Crippen LogP contribution in [0.1, 0.15) is 43.1 Å². The van der Waals surface area contributed by atoms with E-state index in [-0.39, 0.29) is 36.2 Å². The molecule has 1 aliphatic heterocycles. The fourth-order valence-electron chi connectivity index (χ4n) is 8.18. The first-order chi connectivity index (χ1) is 30.9. The maximum atomic E-state index is 15.5. The van der Waals surface area contributed by atoms with Gasteiger partial charge in [0.2, 0.25) is 0 Å². The predicted octanol–water partition coefficient (Wildman–Crippen LogP) is 10.0. The number of benzene rings is 7. The number of fused-ring (bicyclic) bond motifs is 2. The van der Waals surface area contributed by atoms with Crippen molar-refractivity contribution in [2.75, 3.05) is 18.6 Å². The van der Waals surface area contributed by atoms with Crippen molar-refractivity contribution < 1.29 is 24.2 Å². The number of aliphatic imine (C=N–C) groups is 1. The molecule has 0 bridgehead atoms. The number of aromatic nitrogens is 2. The average molecular weight is 831 g/mol. The van der Waals surface area contributed by atoms with Gasteiger partial charge in [-0.3, -0.25) is 14.5 Å². The molecule has 0 saturated carbocycles. The molecule has 1 atom stereocenters. The van der Waals surface area contributed by atoms with Crippen molar-refractivity contribution in [1.82, 2.24) is 20.0 Å². The van der Waals surface area contributed by atoms with E-state index in [1.165, 1.54) is 0 Å². The van der Waals surface area contributed by atoms with Gasteiger partial charge in [0.15, 0.2) is 5.69 Å². The summed E-state index contributed by atoms with van der Waals surface area (Å²) in [6.45, 7) is 0.243. The van der Waals surface area contributed by atoms with Gasteiger partial charge in [0.25, 0.3) is 11.8 Å². The Morgan fingerprint density at radius 2 is 1.29 bits per heavy atom. The van der Waals surface area contributed by atoms with Crippen molar-refractivity contribution >= 4 is 51.6 Å². The van der Waals surface area contributed by atoms with Crippen molar-refractivity contribution in [2.24, 2.45) is 4.99 Å². The van der Waals surface area contributed by atoms with Gasteiger partial charge in [-0.05, 0) is 53.9 Å². The molecule has 9 rings (SSSR count). The highest BCUT2D eigenvalue weighted by atomic mass is 16.5. The molecule has 8 aromatic rings. The number of carboxylic acid groups (broad SMARTS) is 1. The van der Waals surface area contributed by atoms with Gasteiger partial charge < -0.3 is 20.1 Å². The van der Waals surface area contributed by atoms with Gasteiger partial charge in [-0.1, -0.05) is 140 Å². The summed E-state index contributed by atoms with van der Waals surface area (Å²) in [5.74, 6) is -0.382. The second kappa shape index (κ2) is 17.7. The fourth-order valence-corrected chi connectivity index (χ4v) is 8.18. The highest BCUT2D eigenvalue weighted by molar-refractivity contribution is 6.17. The lowest BCUT2D eigenvalue weighted by molar-refractivity contribution is 0.0636. The third-order valence-electron chi connectivity index (χ3n) is 11.2. The van der Waals surface area contributed by atoms with E-state index in [2.05, 4.69) is 5.32 Å². The number of nitrogens with zero attached hydrogens (tertiary/aromatic N) is 5. The zero-order valence-electron chi connectivity index (χ0n) is 34.3. The minimum absolute atomic E-state index is 0.0101. The molecule has 310 valence electrons. The molecule has 1 aromatic heterocycles. The number of methoxy groups -OCH3 is 1. The topological polar surface area (TPSA) is 129 Å². The summed E-state index contributed by atoms with van der Waals surface area (Å²) in [5, 5.41) is 17.8. The number of carbonyl (C=O) groups is 3. The molecular weight excluding hydrogens is 789 g/mol. The van der Waals surface area contributed by atoms with Crippen molar-refractivity contribution in [3.05, 3.63) is 216 Å². The van der Waals surface area contributed by atoms with Crippen LogP contribution < -0.4 is 15.0 Å². The van der Waals surface area contributed by atoms with Gasteiger partial charge in [-0.25, -0.2) is 14.5 Å². The van der Waals surface area contributed by atoms with E-state index in [0.717, 1.165) is 22.3 Å². The normalized spacial score (nSPS) is 13.2. The Balaban J connectivity index is 1.27. The summed E-state index contributed by atoms with van der Waals surface area (Å²) in [6, 6.07) is 56.6. The Hall–Kier alpha value is -8.31. The molecule has 2 heterocycles. The van der Waals surface area contributed by atoms with Crippen molar-refractivity contribution in [3.63, 3.8) is 0 Å². The molecule has 0 fully saturated rings. The number of carbonyl (C=O) groups excluding carboxylic acids is 2. The number of anilines is 2. The van der Waals surface area contributed by atoms with E-state index < -0.39 is 12.1 Å². The molecule has 0 radical (unpaired) electrons. The lowest BCUT2D eigenvalue weighted by Crippen LogP contribution is -2.50. The monoisotopic (exact) mass is 830 g/mol. The largest absolute Gasteiger partial charge is 0.494 e. The molecule has 2 N–H and O–H groups in total. The van der Waals surface area contributed by atoms with Gasteiger partial charge in [0, 0.05) is 47.0 Å². The number of para-hydroxylation sites is 3. The number of rotatable bonds is 11. The molecule has 7 aromatic carbocycles. The van der Waals surface area contributed by atoms with Gasteiger partial charge in [0.1, 0.15) is 11.4 Å². The number of amides is 3. The zero-order chi connectivity index (χ0) is 43.3. The lowest BCUT2D eigenvalue weighted by Gasteiger charge is -2.37. The van der Waals surface area contributed by atoms with Crippen LogP contribution in [0.3, 0.4) is 0 Å². The Labute approximate surface area is 364 Å². The first kappa shape index (κ1) is 40.1. The SMILES string of the molecule is COc1cc(-n2nc(C(=O)N(c3ccccc3)c3ccccc3)c3ccccc32)c(C(=O)N2Cc3ccccc3C[C@H]2CNC(=O)O)cc1N=C(c1ccccc1)c1ccccc1. The van der Waals surface area contributed by atoms with E-state index in [1.807, 2.05) is 170 Å². The Kier molecular flexibility index (Phi) is 11.3. The molecule has 0 saturated heterocycles. The molecule has 0 spiro atoms. The van der Waals surface area contributed by atoms with Crippen LogP contribution in [0.5, 0.6) is 5.75 Å². The molecule has 3 amide bonds. The smallest absolute Gasteiger partial charge is 0.404 e. The highest BCUT2D eigenvalue weighted by Gasteiger charge is 2.34. The van der Waals surface area contributed by atoms with Crippen LogP contribution >= 0.6 is 0 Å². The van der Waals surface area contributed by atoms with Crippen LogP contribution in [-0.2, 0) is 13.0 Å². The molecule has 1 aliphatic rings. The van der Waals surface area contributed by atoms with Gasteiger partial charge >= 0.3 is 6.09 Å². The second-order valence-electron chi connectivity index (χ2n) is 15.1. The van der Waals surface area contributed by atoms with Crippen LogP contribution in [0.15, 0.2) is 187 Å². The molecule has 0 unspecified atom stereocenters. The molecule has 0 aliphatic carbocycles. The second-order valence-corrected chi connectivity index (χ2v) is 15.1. The Bertz CT molecular complexity index is 2890. The minimum atomic E-state index is -1.18. The van der Waals surface area contributed by atoms with Crippen molar-refractivity contribution in [1.29, 1.82) is 0 Å². The minimum Gasteiger partial charge on any atom is -0.494 e. The quantitative estimate of drug-likeness (QED) is 0.125. The van der Waals surface area contributed by atoms with Gasteiger partial charge in [0.05, 0.1) is 35.6 Å². The third kappa shape index (κ3) is 8.15. The number of ether oxygens (including phenoxy) is 1. The Morgan fingerprint density at radius 1 is 0.730 bits per heavy atom. The molecule has 11 heteroatoms. The molecular formula is C52H42N6O5. The first-order valence-electron chi connectivity index (χ1n) is 20.6. The highest BCUT2D eigenvalue weighted by Crippen LogP contribution is 2.38. The standard InChI is InChI=1S/C52H42N6O5/c1-63-47-32-46(58-45-29-17-16-28-42(45)49(55-58)51(60)57(39-24-10-4-11-25-39)40-26-12-5-13-27-40)43(31-44(47)54-48(35-18-6-2-7-19-35)36-20-8-3-9-21-36)50(59)56-34-38-23-15-14-22-37(38)30-41(56)33-53-52(61)62/h2-29,31-32,41,53H,30,33-34H2,1H3,(H,61,62)/t41-/m0/s1. The van der Waals surface area contributed by atoms with Crippen LogP contribution in [0.4, 0.5) is 21.9 Å². The maximum Gasteiger partial charge on any atom is 0.404 e. The van der Waals surface area contributed by atoms with Crippen molar-refractivity contribution in [2.45, 2.75) is 19.0 Å². The van der Waals surface area contributed by atoms with Gasteiger partial charge in [-0.2, -0.15) is 5.10 Å². The summed E-state index contributed by atoms with van der Waals surface area (Å²) in [6.07, 6.45) is -0.749. The number of hydrogen-bond donors (Lipinski definition) is 2. The van der Waals surface area contributed by atoms with E-state index in [4.69, 9.17) is 14.8 Å². The third-order valence-corrected chi connectivity index (χ3v) is 11.2. The van der Waals surface area contributed by atoms with Crippen LogP contribution in [0.2, 0.25) is 0 Å². The van der Waals surface area contributed by atoms with Crippen LogP contribution in [0, 0.1) is 0 Å². The average Bonchev–Trinajstić information content (AvgIpc) is 3.73. The summed E-state index contributed by atoms with van der Waals surface area (Å²) in [4.78, 5) is 51.0. The fraction of sp³-hybridized carbons (Fsp3) is 0.0962. The maximum absolute atomic E-state index is 15.5. The first-order valence-corrected chi connectivity index (χ1v) is 20.6. The van der Waals surface area contributed by atoms with Crippen LogP contribution in [-0.4, -0.2) is 63.1 Å². The summed E-state index contributed by atoms with van der Waals surface area (Å²) in [7, 11) is 1.55.